The van der Waals surface area contributed by atoms with Crippen LogP contribution in [0, 0.1) is 6.92 Å². The van der Waals surface area contributed by atoms with Crippen LogP contribution >= 0.6 is 0 Å². The first-order chi connectivity index (χ1) is 13.2. The first-order valence-corrected chi connectivity index (χ1v) is 9.01. The van der Waals surface area contributed by atoms with Crippen LogP contribution < -0.4 is 4.74 Å². The zero-order valence-electron chi connectivity index (χ0n) is 15.4. The third-order valence-electron chi connectivity index (χ3n) is 4.36. The molecule has 0 saturated carbocycles. The van der Waals surface area contributed by atoms with Gasteiger partial charge in [0.2, 0.25) is 5.88 Å². The van der Waals surface area contributed by atoms with Gasteiger partial charge in [0.1, 0.15) is 11.5 Å². The summed E-state index contributed by atoms with van der Waals surface area (Å²) in [5.41, 5.74) is 5.40. The maximum Gasteiger partial charge on any atom is 0.213 e. The average molecular weight is 359 g/mol. The molecular formula is C21H21N5O. The number of nitrogens with one attached hydrogen (secondary N) is 1. The maximum atomic E-state index is 5.37. The molecule has 4 aromatic rings. The van der Waals surface area contributed by atoms with Crippen LogP contribution in [0.1, 0.15) is 35.0 Å². The van der Waals surface area contributed by atoms with E-state index in [4.69, 9.17) is 4.74 Å². The van der Waals surface area contributed by atoms with Crippen LogP contribution in [-0.4, -0.2) is 31.5 Å². The highest BCUT2D eigenvalue weighted by atomic mass is 16.5. The number of hydrogen-bond donors (Lipinski definition) is 1. The molecule has 4 aromatic heterocycles. The molecule has 27 heavy (non-hydrogen) atoms. The van der Waals surface area contributed by atoms with Crippen molar-refractivity contribution in [1.29, 1.82) is 0 Å². The number of rotatable bonds is 6. The fourth-order valence-corrected chi connectivity index (χ4v) is 3.02. The normalized spacial score (nSPS) is 11.0. The number of hydrogen-bond acceptors (Lipinski definition) is 5. The van der Waals surface area contributed by atoms with Crippen LogP contribution in [0.15, 0.2) is 49.2 Å². The maximum absolute atomic E-state index is 5.37. The van der Waals surface area contributed by atoms with Crippen molar-refractivity contribution < 1.29 is 4.74 Å². The third kappa shape index (κ3) is 3.95. The smallest absolute Gasteiger partial charge is 0.213 e. The summed E-state index contributed by atoms with van der Waals surface area (Å²) < 4.78 is 5.37. The summed E-state index contributed by atoms with van der Waals surface area (Å²) in [5.74, 6) is 1.42. The second-order valence-electron chi connectivity index (χ2n) is 6.52. The molecule has 0 spiro atoms. The van der Waals surface area contributed by atoms with Crippen molar-refractivity contribution in [3.8, 4) is 5.88 Å². The van der Waals surface area contributed by atoms with Crippen LogP contribution in [-0.2, 0) is 12.8 Å². The molecule has 0 radical (unpaired) electrons. The molecule has 0 unspecified atom stereocenters. The van der Waals surface area contributed by atoms with Gasteiger partial charge in [0.15, 0.2) is 0 Å². The topological polar surface area (TPSA) is 76.6 Å². The van der Waals surface area contributed by atoms with Crippen LogP contribution in [0.25, 0.3) is 11.0 Å². The number of pyridine rings is 2. The van der Waals surface area contributed by atoms with Gasteiger partial charge in [-0.05, 0) is 42.2 Å². The van der Waals surface area contributed by atoms with Crippen molar-refractivity contribution in [2.45, 2.75) is 26.7 Å². The number of ether oxygens (including phenoxy) is 1. The summed E-state index contributed by atoms with van der Waals surface area (Å²) in [4.78, 5) is 21.0. The molecule has 0 aliphatic carbocycles. The Labute approximate surface area is 157 Å². The van der Waals surface area contributed by atoms with Crippen LogP contribution in [0.3, 0.4) is 0 Å². The Morgan fingerprint density at radius 3 is 2.48 bits per heavy atom. The predicted molar refractivity (Wildman–Crippen MR) is 104 cm³/mol. The van der Waals surface area contributed by atoms with E-state index in [-0.39, 0.29) is 0 Å². The molecule has 4 heterocycles. The second-order valence-corrected chi connectivity index (χ2v) is 6.52. The summed E-state index contributed by atoms with van der Waals surface area (Å²) in [6.07, 6.45) is 10.9. The zero-order valence-corrected chi connectivity index (χ0v) is 15.4. The van der Waals surface area contributed by atoms with E-state index in [1.807, 2.05) is 50.0 Å². The molecule has 0 aromatic carbocycles. The van der Waals surface area contributed by atoms with Crippen molar-refractivity contribution in [1.82, 2.24) is 24.9 Å². The fraction of sp³-hybridized carbons (Fsp3) is 0.238. The van der Waals surface area contributed by atoms with E-state index in [1.165, 1.54) is 5.56 Å². The minimum absolute atomic E-state index is 0.614. The molecule has 0 fully saturated rings. The Kier molecular flexibility index (Phi) is 4.78. The molecule has 0 aliphatic heterocycles. The van der Waals surface area contributed by atoms with E-state index in [0.717, 1.165) is 40.0 Å². The molecule has 0 bridgehead atoms. The predicted octanol–water partition coefficient (Wildman–Crippen LogP) is 3.64. The first-order valence-electron chi connectivity index (χ1n) is 9.01. The monoisotopic (exact) mass is 359 g/mol. The second kappa shape index (κ2) is 7.53. The Morgan fingerprint density at radius 2 is 1.74 bits per heavy atom. The molecule has 0 amide bonds. The number of aromatic nitrogens is 5. The van der Waals surface area contributed by atoms with E-state index < -0.39 is 0 Å². The molecule has 136 valence electrons. The molecule has 0 saturated heterocycles. The van der Waals surface area contributed by atoms with Gasteiger partial charge >= 0.3 is 0 Å². The first kappa shape index (κ1) is 17.1. The molecule has 6 heteroatoms. The highest BCUT2D eigenvalue weighted by Crippen LogP contribution is 2.20. The highest BCUT2D eigenvalue weighted by Gasteiger charge is 2.07. The lowest BCUT2D eigenvalue weighted by molar-refractivity contribution is 0.326. The highest BCUT2D eigenvalue weighted by molar-refractivity contribution is 5.80. The summed E-state index contributed by atoms with van der Waals surface area (Å²) >= 11 is 0. The Morgan fingerprint density at radius 1 is 0.926 bits per heavy atom. The van der Waals surface area contributed by atoms with Crippen LogP contribution in [0.4, 0.5) is 0 Å². The van der Waals surface area contributed by atoms with Crippen molar-refractivity contribution in [2.24, 2.45) is 0 Å². The van der Waals surface area contributed by atoms with E-state index in [0.29, 0.717) is 18.9 Å². The lowest BCUT2D eigenvalue weighted by Crippen LogP contribution is -2.00. The third-order valence-corrected chi connectivity index (χ3v) is 4.36. The molecule has 0 aliphatic rings. The van der Waals surface area contributed by atoms with Crippen LogP contribution in [0.5, 0.6) is 5.88 Å². The standard InChI is InChI=1S/C21H21N5O/c1-3-27-20-5-4-15(10-24-20)8-19-22-11-16(12-23-19)7-17-13-26-21-18(17)6-14(2)9-25-21/h4-6,9-13H,3,7-8H2,1-2H3,(H,25,26). The lowest BCUT2D eigenvalue weighted by Gasteiger charge is -2.05. The summed E-state index contributed by atoms with van der Waals surface area (Å²) in [5, 5.41) is 1.15. The van der Waals surface area contributed by atoms with E-state index >= 15 is 0 Å². The van der Waals surface area contributed by atoms with Crippen molar-refractivity contribution in [3.05, 3.63) is 77.3 Å². The number of aryl methyl sites for hydroxylation is 1. The van der Waals surface area contributed by atoms with Gasteiger partial charge in [-0.25, -0.2) is 19.9 Å². The molecule has 0 atom stereocenters. The summed E-state index contributed by atoms with van der Waals surface area (Å²) in [7, 11) is 0. The van der Waals surface area contributed by atoms with Gasteiger partial charge < -0.3 is 9.72 Å². The fourth-order valence-electron chi connectivity index (χ4n) is 3.02. The molecule has 4 rings (SSSR count). The average Bonchev–Trinajstić information content (AvgIpc) is 3.07. The van der Waals surface area contributed by atoms with Gasteiger partial charge in [0.25, 0.3) is 0 Å². The zero-order chi connectivity index (χ0) is 18.6. The van der Waals surface area contributed by atoms with Gasteiger partial charge in [0.05, 0.1) is 6.61 Å². The van der Waals surface area contributed by atoms with E-state index in [1.54, 1.807) is 0 Å². The van der Waals surface area contributed by atoms with Gasteiger partial charge in [-0.2, -0.15) is 0 Å². The minimum Gasteiger partial charge on any atom is -0.478 e. The van der Waals surface area contributed by atoms with Gasteiger partial charge in [0, 0.05) is 55.3 Å². The summed E-state index contributed by atoms with van der Waals surface area (Å²) in [6, 6.07) is 6.03. The van der Waals surface area contributed by atoms with Crippen molar-refractivity contribution in [3.63, 3.8) is 0 Å². The summed E-state index contributed by atoms with van der Waals surface area (Å²) in [6.45, 7) is 4.61. The quantitative estimate of drug-likeness (QED) is 0.569. The number of nitrogens with zero attached hydrogens (tertiary/aromatic N) is 4. The largest absolute Gasteiger partial charge is 0.478 e. The van der Waals surface area contributed by atoms with Crippen molar-refractivity contribution >= 4 is 11.0 Å². The number of aromatic amines is 1. The van der Waals surface area contributed by atoms with Crippen LogP contribution in [0.2, 0.25) is 0 Å². The van der Waals surface area contributed by atoms with Gasteiger partial charge in [-0.15, -0.1) is 0 Å². The SMILES string of the molecule is CCOc1ccc(Cc2ncc(Cc3c[nH]c4ncc(C)cc34)cn2)cn1. The Bertz CT molecular complexity index is 1040. The Hall–Kier alpha value is -3.28. The molecule has 1 N–H and O–H groups in total. The van der Waals surface area contributed by atoms with E-state index in [9.17, 15) is 0 Å². The van der Waals surface area contributed by atoms with Gasteiger partial charge in [-0.1, -0.05) is 6.07 Å². The van der Waals surface area contributed by atoms with E-state index in [2.05, 4.69) is 37.9 Å². The van der Waals surface area contributed by atoms with Gasteiger partial charge in [-0.3, -0.25) is 0 Å². The molecular weight excluding hydrogens is 338 g/mol. The number of fused-ring (bicyclic) bond motifs is 1. The number of H-pyrrole nitrogens is 1. The van der Waals surface area contributed by atoms with Crippen molar-refractivity contribution in [2.75, 3.05) is 6.61 Å². The lowest BCUT2D eigenvalue weighted by atomic mass is 10.1. The Balaban J connectivity index is 1.46. The molecule has 6 nitrogen and oxygen atoms in total. The minimum atomic E-state index is 0.614.